The molecule has 0 spiro atoms. The fourth-order valence-electron chi connectivity index (χ4n) is 1.97. The van der Waals surface area contributed by atoms with Crippen LogP contribution in [0, 0.1) is 12.7 Å². The van der Waals surface area contributed by atoms with E-state index < -0.39 is 0 Å². The lowest BCUT2D eigenvalue weighted by Gasteiger charge is -2.10. The highest BCUT2D eigenvalue weighted by atomic mass is 19.1. The zero-order valence-corrected chi connectivity index (χ0v) is 11.9. The highest BCUT2D eigenvalue weighted by molar-refractivity contribution is 5.65. The standard InChI is InChI=1S/C15H20FN3/c1-10(2)17-8-13-7-12(5-6-15(13)16)14-9-18-19(4)11(14)3/h5-7,9-10,17H,8H2,1-4H3. The lowest BCUT2D eigenvalue weighted by molar-refractivity contribution is 0.553. The van der Waals surface area contributed by atoms with Crippen LogP contribution in [0.2, 0.25) is 0 Å². The van der Waals surface area contributed by atoms with Gasteiger partial charge in [-0.25, -0.2) is 4.39 Å². The van der Waals surface area contributed by atoms with Crippen molar-refractivity contribution in [1.29, 1.82) is 0 Å². The summed E-state index contributed by atoms with van der Waals surface area (Å²) in [4.78, 5) is 0. The van der Waals surface area contributed by atoms with Gasteiger partial charge < -0.3 is 5.32 Å². The monoisotopic (exact) mass is 261 g/mol. The molecule has 3 nitrogen and oxygen atoms in total. The molecule has 0 saturated heterocycles. The van der Waals surface area contributed by atoms with E-state index in [9.17, 15) is 4.39 Å². The predicted molar refractivity (Wildman–Crippen MR) is 75.3 cm³/mol. The molecule has 1 aromatic heterocycles. The predicted octanol–water partition coefficient (Wildman–Crippen LogP) is 3.03. The Morgan fingerprint density at radius 2 is 2.11 bits per heavy atom. The summed E-state index contributed by atoms with van der Waals surface area (Å²) in [6.45, 7) is 6.65. The highest BCUT2D eigenvalue weighted by Gasteiger charge is 2.10. The average Bonchev–Trinajstić information content (AvgIpc) is 2.69. The maximum absolute atomic E-state index is 13.8. The molecule has 0 amide bonds. The Labute approximate surface area is 113 Å². The van der Waals surface area contributed by atoms with Crippen LogP contribution in [0.4, 0.5) is 4.39 Å². The Kier molecular flexibility index (Phi) is 4.00. The van der Waals surface area contributed by atoms with Crippen LogP contribution in [-0.2, 0) is 13.6 Å². The van der Waals surface area contributed by atoms with Crippen LogP contribution in [0.5, 0.6) is 0 Å². The number of hydrogen-bond donors (Lipinski definition) is 1. The molecule has 0 aliphatic rings. The number of hydrogen-bond acceptors (Lipinski definition) is 2. The third-order valence-corrected chi connectivity index (χ3v) is 3.29. The van der Waals surface area contributed by atoms with Crippen molar-refractivity contribution in [3.63, 3.8) is 0 Å². The Morgan fingerprint density at radius 3 is 2.68 bits per heavy atom. The molecule has 0 radical (unpaired) electrons. The Bertz CT molecular complexity index is 573. The first-order chi connectivity index (χ1) is 8.99. The normalized spacial score (nSPS) is 11.3. The summed E-state index contributed by atoms with van der Waals surface area (Å²) < 4.78 is 15.6. The van der Waals surface area contributed by atoms with Gasteiger partial charge in [0.1, 0.15) is 5.82 Å². The minimum atomic E-state index is -0.168. The number of nitrogens with one attached hydrogen (secondary N) is 1. The van der Waals surface area contributed by atoms with Crippen molar-refractivity contribution < 1.29 is 4.39 Å². The van der Waals surface area contributed by atoms with Gasteiger partial charge in [0, 0.05) is 36.5 Å². The number of halogens is 1. The molecule has 19 heavy (non-hydrogen) atoms. The van der Waals surface area contributed by atoms with Crippen molar-refractivity contribution in [2.24, 2.45) is 7.05 Å². The quantitative estimate of drug-likeness (QED) is 0.916. The topological polar surface area (TPSA) is 29.9 Å². The van der Waals surface area contributed by atoms with Crippen LogP contribution >= 0.6 is 0 Å². The molecule has 4 heteroatoms. The van der Waals surface area contributed by atoms with Crippen molar-refractivity contribution in [3.05, 3.63) is 41.5 Å². The molecule has 0 aliphatic carbocycles. The van der Waals surface area contributed by atoms with Crippen LogP contribution in [0.1, 0.15) is 25.1 Å². The molecule has 2 rings (SSSR count). The number of benzene rings is 1. The van der Waals surface area contributed by atoms with Gasteiger partial charge in [-0.3, -0.25) is 4.68 Å². The van der Waals surface area contributed by atoms with Crippen LogP contribution < -0.4 is 5.32 Å². The number of aryl methyl sites for hydroxylation is 1. The van der Waals surface area contributed by atoms with Gasteiger partial charge in [-0.2, -0.15) is 5.10 Å². The third kappa shape index (κ3) is 3.01. The van der Waals surface area contributed by atoms with E-state index in [-0.39, 0.29) is 5.82 Å². The summed E-state index contributed by atoms with van der Waals surface area (Å²) in [5, 5.41) is 7.47. The fraction of sp³-hybridized carbons (Fsp3) is 0.400. The van der Waals surface area contributed by atoms with E-state index >= 15 is 0 Å². The summed E-state index contributed by atoms with van der Waals surface area (Å²) in [5.74, 6) is -0.168. The maximum Gasteiger partial charge on any atom is 0.127 e. The molecular formula is C15H20FN3. The van der Waals surface area contributed by atoms with E-state index in [2.05, 4.69) is 10.4 Å². The Balaban J connectivity index is 2.33. The van der Waals surface area contributed by atoms with Gasteiger partial charge in [-0.1, -0.05) is 19.9 Å². The minimum absolute atomic E-state index is 0.168. The average molecular weight is 261 g/mol. The molecule has 1 heterocycles. The summed E-state index contributed by atoms with van der Waals surface area (Å²) in [5.41, 5.74) is 3.82. The second kappa shape index (κ2) is 5.53. The smallest absolute Gasteiger partial charge is 0.127 e. The SMILES string of the molecule is Cc1c(-c2ccc(F)c(CNC(C)C)c2)cnn1C. The molecule has 0 atom stereocenters. The van der Waals surface area contributed by atoms with Crippen molar-refractivity contribution in [2.75, 3.05) is 0 Å². The molecule has 0 bridgehead atoms. The van der Waals surface area contributed by atoms with E-state index in [4.69, 9.17) is 0 Å². The zero-order chi connectivity index (χ0) is 14.0. The van der Waals surface area contributed by atoms with Gasteiger partial charge in [0.2, 0.25) is 0 Å². The molecule has 0 fully saturated rings. The maximum atomic E-state index is 13.8. The second-order valence-corrected chi connectivity index (χ2v) is 5.11. The van der Waals surface area contributed by atoms with Gasteiger partial charge in [0.15, 0.2) is 0 Å². The molecular weight excluding hydrogens is 241 g/mol. The van der Waals surface area contributed by atoms with E-state index in [0.29, 0.717) is 18.2 Å². The van der Waals surface area contributed by atoms with Gasteiger partial charge in [-0.15, -0.1) is 0 Å². The molecule has 0 saturated carbocycles. The molecule has 1 N–H and O–H groups in total. The van der Waals surface area contributed by atoms with E-state index in [1.165, 1.54) is 6.07 Å². The van der Waals surface area contributed by atoms with Gasteiger partial charge in [0.25, 0.3) is 0 Å². The minimum Gasteiger partial charge on any atom is -0.310 e. The summed E-state index contributed by atoms with van der Waals surface area (Å²) >= 11 is 0. The molecule has 102 valence electrons. The van der Waals surface area contributed by atoms with E-state index in [0.717, 1.165) is 16.8 Å². The number of aromatic nitrogens is 2. The first-order valence-electron chi connectivity index (χ1n) is 6.50. The van der Waals surface area contributed by atoms with Crippen molar-refractivity contribution in [1.82, 2.24) is 15.1 Å². The van der Waals surface area contributed by atoms with E-state index in [1.807, 2.05) is 44.8 Å². The lowest BCUT2D eigenvalue weighted by atomic mass is 10.0. The Hall–Kier alpha value is -1.68. The van der Waals surface area contributed by atoms with Crippen LogP contribution in [0.3, 0.4) is 0 Å². The van der Waals surface area contributed by atoms with Crippen molar-refractivity contribution in [2.45, 2.75) is 33.4 Å². The highest BCUT2D eigenvalue weighted by Crippen LogP contribution is 2.24. The molecule has 1 aromatic carbocycles. The Morgan fingerprint density at radius 1 is 1.37 bits per heavy atom. The van der Waals surface area contributed by atoms with Crippen molar-refractivity contribution in [3.8, 4) is 11.1 Å². The second-order valence-electron chi connectivity index (χ2n) is 5.11. The summed E-state index contributed by atoms with van der Waals surface area (Å²) in [6.07, 6.45) is 1.82. The molecule has 0 aliphatic heterocycles. The largest absolute Gasteiger partial charge is 0.310 e. The lowest BCUT2D eigenvalue weighted by Crippen LogP contribution is -2.22. The summed E-state index contributed by atoms with van der Waals surface area (Å²) in [6, 6.07) is 5.56. The first kappa shape index (κ1) is 13.7. The van der Waals surface area contributed by atoms with Gasteiger partial charge in [0.05, 0.1) is 6.20 Å². The fourth-order valence-corrected chi connectivity index (χ4v) is 1.97. The first-order valence-corrected chi connectivity index (χ1v) is 6.50. The van der Waals surface area contributed by atoms with Gasteiger partial charge >= 0.3 is 0 Å². The number of rotatable bonds is 4. The number of nitrogens with zero attached hydrogens (tertiary/aromatic N) is 2. The summed E-state index contributed by atoms with van der Waals surface area (Å²) in [7, 11) is 1.91. The van der Waals surface area contributed by atoms with Crippen LogP contribution in [-0.4, -0.2) is 15.8 Å². The zero-order valence-electron chi connectivity index (χ0n) is 11.9. The molecule has 2 aromatic rings. The molecule has 0 unspecified atom stereocenters. The van der Waals surface area contributed by atoms with Crippen LogP contribution in [0.25, 0.3) is 11.1 Å². The van der Waals surface area contributed by atoms with Crippen LogP contribution in [0.15, 0.2) is 24.4 Å². The van der Waals surface area contributed by atoms with E-state index in [1.54, 1.807) is 6.07 Å². The van der Waals surface area contributed by atoms with Crippen molar-refractivity contribution >= 4 is 0 Å². The van der Waals surface area contributed by atoms with Gasteiger partial charge in [-0.05, 0) is 24.6 Å². The third-order valence-electron chi connectivity index (χ3n) is 3.29.